The number of benzene rings is 1. The van der Waals surface area contributed by atoms with Gasteiger partial charge in [-0.2, -0.15) is 0 Å². The monoisotopic (exact) mass is 412 g/mol. The summed E-state index contributed by atoms with van der Waals surface area (Å²) >= 11 is 5.42. The van der Waals surface area contributed by atoms with Gasteiger partial charge < -0.3 is 15.5 Å². The molecule has 1 aromatic carbocycles. The number of anilines is 1. The van der Waals surface area contributed by atoms with Crippen molar-refractivity contribution >= 4 is 29.6 Å². The van der Waals surface area contributed by atoms with Crippen LogP contribution < -0.4 is 10.6 Å². The zero-order chi connectivity index (χ0) is 20.9. The van der Waals surface area contributed by atoms with Gasteiger partial charge in [-0.05, 0) is 51.9 Å². The van der Waals surface area contributed by atoms with Gasteiger partial charge in [0.25, 0.3) is 0 Å². The van der Waals surface area contributed by atoms with Crippen molar-refractivity contribution in [3.63, 3.8) is 0 Å². The molecule has 3 heterocycles. The number of hydrogen-bond donors (Lipinski definition) is 2. The lowest BCUT2D eigenvalue weighted by Gasteiger charge is -2.56. The molecule has 3 saturated heterocycles. The number of nitrogens with zero attached hydrogens (tertiary/aromatic N) is 2. The molecule has 1 aromatic rings. The maximum absolute atomic E-state index is 12.5. The maximum Gasteiger partial charge on any atom is 0.234 e. The number of carbonyl (C=O) groups is 2. The van der Waals surface area contributed by atoms with Crippen molar-refractivity contribution < 1.29 is 14.0 Å². The fourth-order valence-corrected chi connectivity index (χ4v) is 3.75. The Labute approximate surface area is 171 Å². The number of hydrogen-bond acceptors (Lipinski definition) is 4. The van der Waals surface area contributed by atoms with Crippen molar-refractivity contribution in [2.75, 3.05) is 31.5 Å². The molecular weight excluding hydrogens is 383 g/mol. The fourth-order valence-electron chi connectivity index (χ4n) is 3.57. The van der Waals surface area contributed by atoms with E-state index in [9.17, 15) is 14.0 Å². The third-order valence-electron chi connectivity index (χ3n) is 4.85. The Bertz CT molecular complexity index is 683. The van der Waals surface area contributed by atoms with Crippen LogP contribution in [-0.4, -0.2) is 65.9 Å². The largest absolute Gasteiger partial charge is 0.350 e. The van der Waals surface area contributed by atoms with Gasteiger partial charge in [0.15, 0.2) is 0 Å². The Morgan fingerprint density at radius 1 is 1.32 bits per heavy atom. The Morgan fingerprint density at radius 3 is 2.46 bits per heavy atom. The normalized spacial score (nSPS) is 21.8. The van der Waals surface area contributed by atoms with Crippen LogP contribution in [0.25, 0.3) is 0 Å². The van der Waals surface area contributed by atoms with Crippen LogP contribution in [0.1, 0.15) is 34.1 Å². The van der Waals surface area contributed by atoms with Gasteiger partial charge in [-0.25, -0.2) is 4.39 Å². The van der Waals surface area contributed by atoms with E-state index in [2.05, 4.69) is 27.4 Å². The number of halogens is 2. The van der Waals surface area contributed by atoms with Gasteiger partial charge >= 0.3 is 0 Å². The molecular formula is C20H30ClFN4O2. The van der Waals surface area contributed by atoms with E-state index in [0.717, 1.165) is 19.6 Å². The number of amides is 2. The number of piperazine rings is 1. The third kappa shape index (κ3) is 6.43. The minimum Gasteiger partial charge on any atom is -0.350 e. The summed E-state index contributed by atoms with van der Waals surface area (Å²) in [6, 6.07) is 5.17. The van der Waals surface area contributed by atoms with E-state index in [-0.39, 0.29) is 16.5 Å². The number of likely N-dealkylation sites (N-methyl/N-ethyl adjacent to an activating group) is 1. The number of carbonyl (C=O) groups excluding carboxylic acids is 2. The predicted molar refractivity (Wildman–Crippen MR) is 110 cm³/mol. The smallest absolute Gasteiger partial charge is 0.234 e. The predicted octanol–water partition coefficient (Wildman–Crippen LogP) is 2.73. The van der Waals surface area contributed by atoms with E-state index in [0.29, 0.717) is 30.7 Å². The van der Waals surface area contributed by atoms with E-state index in [1.165, 1.54) is 24.6 Å². The molecule has 3 aliphatic rings. The van der Waals surface area contributed by atoms with Crippen LogP contribution in [0.2, 0.25) is 5.02 Å². The molecule has 8 heteroatoms. The third-order valence-corrected chi connectivity index (χ3v) is 5.14. The molecule has 4 rings (SSSR count). The molecule has 2 unspecified atom stereocenters. The van der Waals surface area contributed by atoms with E-state index in [1.807, 2.05) is 20.8 Å². The molecule has 6 nitrogen and oxygen atoms in total. The van der Waals surface area contributed by atoms with Gasteiger partial charge in [0.1, 0.15) is 5.82 Å². The first-order valence-electron chi connectivity index (χ1n) is 9.57. The van der Waals surface area contributed by atoms with E-state index in [4.69, 9.17) is 11.6 Å². The quantitative estimate of drug-likeness (QED) is 0.730. The zero-order valence-corrected chi connectivity index (χ0v) is 17.7. The lowest BCUT2D eigenvalue weighted by molar-refractivity contribution is -0.132. The molecule has 2 atom stereocenters. The molecule has 0 spiro atoms. The highest BCUT2D eigenvalue weighted by molar-refractivity contribution is 6.31. The second kappa shape index (κ2) is 9.67. The highest BCUT2D eigenvalue weighted by Gasteiger charge is 2.44. The molecule has 0 aromatic heterocycles. The van der Waals surface area contributed by atoms with Crippen LogP contribution >= 0.6 is 11.6 Å². The minimum absolute atomic E-state index is 0.00292. The molecule has 2 N–H and O–H groups in total. The zero-order valence-electron chi connectivity index (χ0n) is 17.0. The van der Waals surface area contributed by atoms with Crippen molar-refractivity contribution in [3.05, 3.63) is 29.0 Å². The summed E-state index contributed by atoms with van der Waals surface area (Å²) in [5, 5.41) is 5.38. The molecule has 2 amide bonds. The first-order chi connectivity index (χ1) is 13.1. The highest BCUT2D eigenvalue weighted by atomic mass is 35.5. The summed E-state index contributed by atoms with van der Waals surface area (Å²) in [4.78, 5) is 26.7. The Hall–Kier alpha value is -1.70. The molecule has 0 aliphatic carbocycles. The molecule has 0 saturated carbocycles. The second-order valence-corrected chi connectivity index (χ2v) is 8.66. The van der Waals surface area contributed by atoms with Gasteiger partial charge in [-0.15, -0.1) is 0 Å². The number of fused-ring (bicyclic) bond motifs is 2. The minimum atomic E-state index is -0.497. The SMILES string of the molecule is CCN1CC2CC(C1)N2CC(=O)NC(C)(C)C.O=CNc1ccc(F)c(Cl)c1. The lowest BCUT2D eigenvalue weighted by atomic mass is 9.87. The average molecular weight is 413 g/mol. The molecule has 28 heavy (non-hydrogen) atoms. The average Bonchev–Trinajstić information content (AvgIpc) is 2.62. The van der Waals surface area contributed by atoms with Crippen molar-refractivity contribution in [3.8, 4) is 0 Å². The number of rotatable bonds is 5. The molecule has 2 bridgehead atoms. The van der Waals surface area contributed by atoms with Crippen LogP contribution in [0.15, 0.2) is 18.2 Å². The highest BCUT2D eigenvalue weighted by Crippen LogP contribution is 2.31. The first kappa shape index (κ1) is 22.6. The van der Waals surface area contributed by atoms with Crippen LogP contribution in [0.5, 0.6) is 0 Å². The Morgan fingerprint density at radius 2 is 1.96 bits per heavy atom. The van der Waals surface area contributed by atoms with Crippen LogP contribution in [-0.2, 0) is 9.59 Å². The summed E-state index contributed by atoms with van der Waals surface area (Å²) in [6.07, 6.45) is 1.78. The number of piperidine rings is 1. The van der Waals surface area contributed by atoms with Gasteiger partial charge in [0, 0.05) is 36.4 Å². The van der Waals surface area contributed by atoms with E-state index in [1.54, 1.807) is 0 Å². The topological polar surface area (TPSA) is 64.7 Å². The van der Waals surface area contributed by atoms with Crippen molar-refractivity contribution in [1.82, 2.24) is 15.1 Å². The summed E-state index contributed by atoms with van der Waals surface area (Å²) in [5.41, 5.74) is 0.360. The van der Waals surface area contributed by atoms with Gasteiger partial charge in [-0.1, -0.05) is 18.5 Å². The summed E-state index contributed by atoms with van der Waals surface area (Å²) in [5.74, 6) is -0.333. The summed E-state index contributed by atoms with van der Waals surface area (Å²) in [6.45, 7) is 12.3. The van der Waals surface area contributed by atoms with Crippen molar-refractivity contribution in [1.29, 1.82) is 0 Å². The molecule has 156 valence electrons. The van der Waals surface area contributed by atoms with E-state index < -0.39 is 5.82 Å². The molecule has 3 aliphatic heterocycles. The standard InChI is InChI=1S/C13H25N3O.C7H5ClFNO/c1-5-15-7-10-6-11(8-15)16(10)9-12(17)14-13(2,3)4;8-6-3-5(10-4-11)1-2-7(6)9/h10-11H,5-9H2,1-4H3,(H,14,17);1-4H,(H,10,11). The van der Waals surface area contributed by atoms with Crippen LogP contribution in [0.3, 0.4) is 0 Å². The summed E-state index contributed by atoms with van der Waals surface area (Å²) in [7, 11) is 0. The van der Waals surface area contributed by atoms with Crippen LogP contribution in [0.4, 0.5) is 10.1 Å². The first-order valence-corrected chi connectivity index (χ1v) is 9.95. The van der Waals surface area contributed by atoms with Crippen LogP contribution in [0, 0.1) is 5.82 Å². The van der Waals surface area contributed by atoms with Gasteiger partial charge in [0.05, 0.1) is 11.6 Å². The van der Waals surface area contributed by atoms with E-state index >= 15 is 0 Å². The number of nitrogens with one attached hydrogen (secondary N) is 2. The van der Waals surface area contributed by atoms with Gasteiger partial charge in [-0.3, -0.25) is 14.5 Å². The van der Waals surface area contributed by atoms with Crippen molar-refractivity contribution in [2.45, 2.75) is 51.7 Å². The van der Waals surface area contributed by atoms with Gasteiger partial charge in [0.2, 0.25) is 12.3 Å². The lowest BCUT2D eigenvalue weighted by Crippen LogP contribution is -2.70. The maximum atomic E-state index is 12.5. The summed E-state index contributed by atoms with van der Waals surface area (Å²) < 4.78 is 12.5. The second-order valence-electron chi connectivity index (χ2n) is 8.26. The molecule has 0 radical (unpaired) electrons. The Balaban J connectivity index is 0.000000221. The fraction of sp³-hybridized carbons (Fsp3) is 0.600. The Kier molecular flexibility index (Phi) is 7.80. The van der Waals surface area contributed by atoms with Crippen molar-refractivity contribution in [2.24, 2.45) is 0 Å². The molecule has 3 fully saturated rings.